The van der Waals surface area contributed by atoms with Crippen molar-refractivity contribution in [3.63, 3.8) is 0 Å². The molecule has 5 heterocycles. The van der Waals surface area contributed by atoms with Gasteiger partial charge in [0.15, 0.2) is 5.70 Å². The molecule has 2 fully saturated rings. The van der Waals surface area contributed by atoms with E-state index < -0.39 is 10.6 Å². The van der Waals surface area contributed by atoms with Crippen LogP contribution in [-0.2, 0) is 14.3 Å². The summed E-state index contributed by atoms with van der Waals surface area (Å²) in [6.07, 6.45) is 9.24. The average Bonchev–Trinajstić information content (AvgIpc) is 3.08. The van der Waals surface area contributed by atoms with Crippen molar-refractivity contribution in [1.29, 1.82) is 0 Å². The van der Waals surface area contributed by atoms with Crippen molar-refractivity contribution in [1.82, 2.24) is 9.80 Å². The van der Waals surface area contributed by atoms with Gasteiger partial charge in [-0.05, 0) is 69.8 Å². The number of carbonyl (C=O) groups excluding carboxylic acids is 2. The van der Waals surface area contributed by atoms with Gasteiger partial charge in [0.2, 0.25) is 5.91 Å². The summed E-state index contributed by atoms with van der Waals surface area (Å²) in [6.45, 7) is 9.62. The summed E-state index contributed by atoms with van der Waals surface area (Å²) in [7, 11) is 0. The number of nitrogens with zero attached hydrogens (tertiary/aromatic N) is 3. The largest absolute Gasteiger partial charge is 0.463 e. The number of quaternary nitrogens is 1. The molecule has 1 N–H and O–H groups in total. The summed E-state index contributed by atoms with van der Waals surface area (Å²) in [5, 5.41) is 12.1. The Morgan fingerprint density at radius 1 is 1.18 bits per heavy atom. The maximum atomic E-state index is 13.9. The van der Waals surface area contributed by atoms with Gasteiger partial charge in [-0.1, -0.05) is 18.5 Å². The van der Waals surface area contributed by atoms with E-state index in [9.17, 15) is 14.8 Å². The molecule has 0 spiro atoms. The number of ether oxygens (including phenoxy) is 1. The lowest BCUT2D eigenvalue weighted by atomic mass is 9.80. The van der Waals surface area contributed by atoms with Crippen LogP contribution in [0.3, 0.4) is 0 Å². The fourth-order valence-electron chi connectivity index (χ4n) is 6.55. The van der Waals surface area contributed by atoms with Crippen LogP contribution < -0.4 is 0 Å². The molecule has 1 amide bonds. The van der Waals surface area contributed by atoms with Gasteiger partial charge in [-0.3, -0.25) is 14.5 Å². The normalized spacial score (nSPS) is 30.0. The monoisotopic (exact) mass is 560 g/mol. The number of carbonyl (C=O) groups is 2. The van der Waals surface area contributed by atoms with Gasteiger partial charge < -0.3 is 9.64 Å². The maximum absolute atomic E-state index is 13.9. The number of hydrogen-bond acceptors (Lipinski definition) is 5. The van der Waals surface area contributed by atoms with Crippen molar-refractivity contribution in [3.05, 3.63) is 68.6 Å². The van der Waals surface area contributed by atoms with E-state index in [1.807, 2.05) is 30.9 Å². The summed E-state index contributed by atoms with van der Waals surface area (Å²) in [5.41, 5.74) is 5.17. The molecular weight excluding hydrogens is 525 g/mol. The highest BCUT2D eigenvalue weighted by Crippen LogP contribution is 2.51. The summed E-state index contributed by atoms with van der Waals surface area (Å²) >= 11 is 6.63. The summed E-state index contributed by atoms with van der Waals surface area (Å²) in [6, 6.07) is 0. The van der Waals surface area contributed by atoms with E-state index in [-0.39, 0.29) is 30.5 Å². The summed E-state index contributed by atoms with van der Waals surface area (Å²) in [5.74, 6) is 1.94. The Balaban J connectivity index is 0.00000294. The van der Waals surface area contributed by atoms with Crippen LogP contribution in [0.15, 0.2) is 68.6 Å². The summed E-state index contributed by atoms with van der Waals surface area (Å²) in [4.78, 5) is 30.5. The van der Waals surface area contributed by atoms with Crippen molar-refractivity contribution >= 4 is 35.7 Å². The minimum Gasteiger partial charge on any atom is -0.463 e. The van der Waals surface area contributed by atoms with E-state index in [1.165, 1.54) is 12.8 Å². The third-order valence-corrected chi connectivity index (χ3v) is 9.28. The first-order valence-corrected chi connectivity index (χ1v) is 13.9. The Hall–Kier alpha value is -2.16. The number of hydroxylamine groups is 3. The average molecular weight is 562 g/mol. The third kappa shape index (κ3) is 4.42. The minimum atomic E-state index is -0.441. The number of amides is 1. The molecule has 38 heavy (non-hydrogen) atoms. The quantitative estimate of drug-likeness (QED) is 0.474. The number of halogens is 2. The first kappa shape index (κ1) is 27.4. The number of fused-ring (bicyclic) bond motifs is 5. The van der Waals surface area contributed by atoms with E-state index in [0.29, 0.717) is 49.0 Å². The highest BCUT2D eigenvalue weighted by atomic mass is 35.5. The molecular formula is C29H36Cl2N3O4+. The van der Waals surface area contributed by atoms with Gasteiger partial charge >= 0.3 is 0 Å². The summed E-state index contributed by atoms with van der Waals surface area (Å²) < 4.78 is 5.93. The second-order valence-electron chi connectivity index (χ2n) is 11.3. The van der Waals surface area contributed by atoms with Crippen molar-refractivity contribution in [3.8, 4) is 0 Å². The van der Waals surface area contributed by atoms with E-state index >= 15 is 0 Å². The molecule has 2 atom stereocenters. The molecule has 0 radical (unpaired) electrons. The third-order valence-electron chi connectivity index (χ3n) is 8.90. The fourth-order valence-corrected chi connectivity index (χ4v) is 6.71. The first-order chi connectivity index (χ1) is 17.7. The van der Waals surface area contributed by atoms with Crippen LogP contribution in [0, 0.1) is 11.8 Å². The van der Waals surface area contributed by atoms with Crippen LogP contribution in [0.2, 0.25) is 0 Å². The molecule has 204 valence electrons. The zero-order chi connectivity index (χ0) is 26.1. The predicted molar refractivity (Wildman–Crippen MR) is 147 cm³/mol. The molecule has 2 saturated heterocycles. The Bertz CT molecular complexity index is 1280. The molecule has 0 aromatic carbocycles. The van der Waals surface area contributed by atoms with Gasteiger partial charge in [0, 0.05) is 23.1 Å². The second-order valence-corrected chi connectivity index (χ2v) is 11.7. The van der Waals surface area contributed by atoms with Crippen molar-refractivity contribution < 1.29 is 24.2 Å². The van der Waals surface area contributed by atoms with Gasteiger partial charge in [0.1, 0.15) is 30.0 Å². The molecule has 6 rings (SSSR count). The van der Waals surface area contributed by atoms with Crippen LogP contribution in [-0.4, -0.2) is 64.1 Å². The smallest absolute Gasteiger partial charge is 0.239 e. The Labute approximate surface area is 235 Å². The van der Waals surface area contributed by atoms with Gasteiger partial charge in [-0.15, -0.1) is 17.1 Å². The topological polar surface area (TPSA) is 70.1 Å². The number of hydrogen-bond donors (Lipinski definition) is 1. The molecule has 9 heteroatoms. The van der Waals surface area contributed by atoms with Crippen molar-refractivity contribution in [2.75, 3.05) is 32.7 Å². The number of rotatable bonds is 3. The molecule has 0 bridgehead atoms. The molecule has 0 aromatic heterocycles. The predicted octanol–water partition coefficient (Wildman–Crippen LogP) is 5.31. The number of allylic oxidation sites excluding steroid dienone is 6. The Kier molecular flexibility index (Phi) is 7.29. The minimum absolute atomic E-state index is 0. The molecule has 0 saturated carbocycles. The standard InChI is InChI=1S/C29H35ClN3O4.ClH/c1-4-33(36)16-23-25-12-19-11-24(30)18(3)37-27(15-31-9-7-17(2)8-10-31)22(19)14-32(25)29(35)28(23)21-6-5-20(34)13-26(21)33;/h11-12,16-17,28,36H,4-10,13-15H2,1-3H3;1H/q+1;. The molecule has 7 nitrogen and oxygen atoms in total. The molecule has 6 aliphatic rings. The van der Waals surface area contributed by atoms with Crippen molar-refractivity contribution in [2.45, 2.75) is 52.9 Å². The van der Waals surface area contributed by atoms with Crippen LogP contribution in [0.25, 0.3) is 0 Å². The number of piperidine rings is 1. The highest BCUT2D eigenvalue weighted by molar-refractivity contribution is 6.31. The highest BCUT2D eigenvalue weighted by Gasteiger charge is 2.53. The lowest BCUT2D eigenvalue weighted by Gasteiger charge is -2.36. The van der Waals surface area contributed by atoms with E-state index in [1.54, 1.807) is 6.20 Å². The van der Waals surface area contributed by atoms with E-state index in [4.69, 9.17) is 16.3 Å². The SMILES string of the molecule is CC[N+]1(O)C=C2C3=CC4=CC(Cl)=C(C)OC(CN5CCC(C)CC5)=C4CN3C(=O)C2C2=C1CC(=O)CC2.Cl. The van der Waals surface area contributed by atoms with Crippen molar-refractivity contribution in [2.24, 2.45) is 11.8 Å². The second kappa shape index (κ2) is 10.1. The van der Waals surface area contributed by atoms with Gasteiger partial charge in [-0.2, -0.15) is 0 Å². The zero-order valence-electron chi connectivity index (χ0n) is 22.3. The molecule has 1 aliphatic carbocycles. The Morgan fingerprint density at radius 3 is 2.63 bits per heavy atom. The number of ketones is 1. The number of Topliss-reactive ketones (excluding diaryl/α,β-unsaturated/α-hetero) is 1. The van der Waals surface area contributed by atoms with E-state index in [0.717, 1.165) is 52.8 Å². The lowest BCUT2D eigenvalue weighted by Crippen LogP contribution is -2.45. The molecule has 5 aliphatic heterocycles. The van der Waals surface area contributed by atoms with Gasteiger partial charge in [-0.25, -0.2) is 5.21 Å². The molecule has 2 unspecified atom stereocenters. The van der Waals surface area contributed by atoms with Gasteiger partial charge in [0.05, 0.1) is 36.2 Å². The van der Waals surface area contributed by atoms with Crippen LogP contribution in [0.1, 0.15) is 52.9 Å². The first-order valence-electron chi connectivity index (χ1n) is 13.5. The van der Waals surface area contributed by atoms with Crippen LogP contribution in [0.5, 0.6) is 0 Å². The zero-order valence-corrected chi connectivity index (χ0v) is 23.8. The Morgan fingerprint density at radius 2 is 1.92 bits per heavy atom. The fraction of sp³-hybridized carbons (Fsp3) is 0.517. The van der Waals surface area contributed by atoms with E-state index in [2.05, 4.69) is 11.8 Å². The molecule has 0 aromatic rings. The number of likely N-dealkylation sites (tertiary alicyclic amines) is 1. The van der Waals surface area contributed by atoms with Crippen LogP contribution >= 0.6 is 24.0 Å². The van der Waals surface area contributed by atoms with Crippen LogP contribution in [0.4, 0.5) is 0 Å². The lowest BCUT2D eigenvalue weighted by molar-refractivity contribution is -1.03. The van der Waals surface area contributed by atoms with Gasteiger partial charge in [0.25, 0.3) is 0 Å². The maximum Gasteiger partial charge on any atom is 0.239 e.